The van der Waals surface area contributed by atoms with Crippen LogP contribution in [-0.2, 0) is 4.84 Å². The van der Waals surface area contributed by atoms with Gasteiger partial charge in [0.15, 0.2) is 0 Å². The lowest BCUT2D eigenvalue weighted by atomic mass is 10.0. The second-order valence-electron chi connectivity index (χ2n) is 5.99. The Balaban J connectivity index is 2.67. The number of benzene rings is 1. The molecule has 0 atom stereocenters. The summed E-state index contributed by atoms with van der Waals surface area (Å²) >= 11 is 3.38. The fraction of sp³-hybridized carbons (Fsp3) is 0.235. The van der Waals surface area contributed by atoms with E-state index < -0.39 is 5.60 Å². The summed E-state index contributed by atoms with van der Waals surface area (Å²) in [5.41, 5.74) is 1.22. The van der Waals surface area contributed by atoms with Crippen LogP contribution in [0.25, 0.3) is 0 Å². The number of hydrogen-bond donors (Lipinski definition) is 2. The van der Waals surface area contributed by atoms with E-state index in [0.717, 1.165) is 4.47 Å². The molecule has 0 amide bonds. The van der Waals surface area contributed by atoms with Gasteiger partial charge in [-0.25, -0.2) is 0 Å². The van der Waals surface area contributed by atoms with Crippen LogP contribution in [0.15, 0.2) is 51.3 Å². The molecule has 0 radical (unpaired) electrons. The van der Waals surface area contributed by atoms with Crippen LogP contribution in [0.2, 0.25) is 0 Å². The van der Waals surface area contributed by atoms with Crippen molar-refractivity contribution in [1.29, 1.82) is 0 Å². The zero-order chi connectivity index (χ0) is 17.7. The van der Waals surface area contributed by atoms with E-state index in [9.17, 15) is 5.11 Å². The van der Waals surface area contributed by atoms with Gasteiger partial charge in [-0.15, -0.1) is 0 Å². The van der Waals surface area contributed by atoms with E-state index in [1.165, 1.54) is 6.21 Å². The summed E-state index contributed by atoms with van der Waals surface area (Å²) in [6.07, 6.45) is 2.84. The topological polar surface area (TPSA) is 87.3 Å². The molecule has 126 valence electrons. The molecule has 1 aromatic carbocycles. The summed E-state index contributed by atoms with van der Waals surface area (Å²) in [6, 6.07) is 8.42. The fourth-order valence-corrected chi connectivity index (χ4v) is 2.24. The van der Waals surface area contributed by atoms with Crippen LogP contribution in [0.5, 0.6) is 5.75 Å². The number of pyridine rings is 1. The van der Waals surface area contributed by atoms with Crippen molar-refractivity contribution >= 4 is 27.9 Å². The number of rotatable bonds is 4. The van der Waals surface area contributed by atoms with Gasteiger partial charge < -0.3 is 15.2 Å². The lowest BCUT2D eigenvalue weighted by Crippen LogP contribution is -2.19. The van der Waals surface area contributed by atoms with E-state index in [1.807, 2.05) is 20.8 Å². The van der Waals surface area contributed by atoms with Crippen molar-refractivity contribution in [3.8, 4) is 5.75 Å². The summed E-state index contributed by atoms with van der Waals surface area (Å²) in [4.78, 5) is 9.85. The lowest BCUT2D eigenvalue weighted by molar-refractivity contribution is 0.00111. The first-order chi connectivity index (χ1) is 11.3. The molecular weight excluding hydrogens is 374 g/mol. The van der Waals surface area contributed by atoms with Gasteiger partial charge in [0.1, 0.15) is 22.8 Å². The number of oxime groups is 2. The number of phenolic OH excluding ortho intramolecular Hbond substituents is 1. The van der Waals surface area contributed by atoms with E-state index in [1.54, 1.807) is 36.5 Å². The highest BCUT2D eigenvalue weighted by Crippen LogP contribution is 2.26. The second kappa shape index (κ2) is 7.44. The fourth-order valence-electron chi connectivity index (χ4n) is 1.88. The van der Waals surface area contributed by atoms with Gasteiger partial charge in [-0.05, 0) is 51.1 Å². The van der Waals surface area contributed by atoms with Crippen molar-refractivity contribution < 1.29 is 15.2 Å². The van der Waals surface area contributed by atoms with Gasteiger partial charge in [-0.3, -0.25) is 4.98 Å². The van der Waals surface area contributed by atoms with E-state index in [2.05, 4.69) is 31.2 Å². The predicted molar refractivity (Wildman–Crippen MR) is 95.9 cm³/mol. The molecule has 2 rings (SSSR count). The number of aromatic nitrogens is 1. The number of aromatic hydroxyl groups is 1. The number of halogens is 1. The highest BCUT2D eigenvalue weighted by Gasteiger charge is 2.19. The van der Waals surface area contributed by atoms with Crippen molar-refractivity contribution in [2.24, 2.45) is 10.3 Å². The Morgan fingerprint density at radius 3 is 2.71 bits per heavy atom. The van der Waals surface area contributed by atoms with Crippen LogP contribution in [0, 0.1) is 0 Å². The van der Waals surface area contributed by atoms with Gasteiger partial charge in [0.25, 0.3) is 0 Å². The Kier molecular flexibility index (Phi) is 5.56. The first-order valence-electron chi connectivity index (χ1n) is 7.19. The smallest absolute Gasteiger partial charge is 0.140 e. The third kappa shape index (κ3) is 4.55. The SMILES string of the molecule is CC(C)(C)O/N=C(/c1cc(Br)ccc1O)c1ncccc1C=NO. The van der Waals surface area contributed by atoms with Gasteiger partial charge >= 0.3 is 0 Å². The average Bonchev–Trinajstić information content (AvgIpc) is 2.51. The molecule has 1 aromatic heterocycles. The summed E-state index contributed by atoms with van der Waals surface area (Å²) in [5, 5.41) is 26.4. The van der Waals surface area contributed by atoms with Crippen LogP contribution in [0.3, 0.4) is 0 Å². The Morgan fingerprint density at radius 1 is 1.29 bits per heavy atom. The molecule has 0 aliphatic heterocycles. The van der Waals surface area contributed by atoms with E-state index in [4.69, 9.17) is 10.0 Å². The molecule has 0 aliphatic carbocycles. The van der Waals surface area contributed by atoms with Gasteiger partial charge in [-0.2, -0.15) is 0 Å². The third-order valence-corrected chi connectivity index (χ3v) is 3.38. The Hall–Kier alpha value is -2.41. The maximum Gasteiger partial charge on any atom is 0.140 e. The summed E-state index contributed by atoms with van der Waals surface area (Å²) in [6.45, 7) is 5.59. The standard InChI is InChI=1S/C17H18BrN3O3/c1-17(2,3)24-21-16(13-9-12(18)6-7-14(13)22)15-11(10-20-23)5-4-8-19-15/h4-10,22-23H,1-3H3/b20-10?,21-16-. The molecule has 1 heterocycles. The van der Waals surface area contributed by atoms with Gasteiger partial charge in [0, 0.05) is 21.8 Å². The Labute approximate surface area is 148 Å². The molecule has 0 unspecified atom stereocenters. The Morgan fingerprint density at radius 2 is 2.04 bits per heavy atom. The number of hydrogen-bond acceptors (Lipinski definition) is 6. The van der Waals surface area contributed by atoms with Crippen LogP contribution in [-0.4, -0.2) is 32.8 Å². The molecule has 2 N–H and O–H groups in total. The number of phenols is 1. The van der Waals surface area contributed by atoms with Crippen molar-refractivity contribution in [2.75, 3.05) is 0 Å². The Bertz CT molecular complexity index is 783. The predicted octanol–water partition coefficient (Wildman–Crippen LogP) is 3.93. The largest absolute Gasteiger partial charge is 0.507 e. The van der Waals surface area contributed by atoms with Crippen LogP contribution in [0.1, 0.15) is 37.6 Å². The van der Waals surface area contributed by atoms with Crippen molar-refractivity contribution in [3.63, 3.8) is 0 Å². The monoisotopic (exact) mass is 391 g/mol. The molecule has 0 fully saturated rings. The van der Waals surface area contributed by atoms with E-state index in [-0.39, 0.29) is 5.75 Å². The summed E-state index contributed by atoms with van der Waals surface area (Å²) in [7, 11) is 0. The maximum atomic E-state index is 10.2. The van der Waals surface area contributed by atoms with Gasteiger partial charge in [0.2, 0.25) is 0 Å². The first kappa shape index (κ1) is 17.9. The van der Waals surface area contributed by atoms with Crippen LogP contribution < -0.4 is 0 Å². The van der Waals surface area contributed by atoms with Crippen molar-refractivity contribution in [1.82, 2.24) is 4.98 Å². The number of nitrogens with zero attached hydrogens (tertiary/aromatic N) is 3. The lowest BCUT2D eigenvalue weighted by Gasteiger charge is -2.18. The van der Waals surface area contributed by atoms with Crippen molar-refractivity contribution in [2.45, 2.75) is 26.4 Å². The molecule has 0 saturated carbocycles. The normalized spacial score (nSPS) is 12.6. The molecule has 24 heavy (non-hydrogen) atoms. The summed E-state index contributed by atoms with van der Waals surface area (Å²) < 4.78 is 0.770. The van der Waals surface area contributed by atoms with Gasteiger partial charge in [-0.1, -0.05) is 26.2 Å². The first-order valence-corrected chi connectivity index (χ1v) is 7.99. The van der Waals surface area contributed by atoms with Gasteiger partial charge in [0.05, 0.1) is 6.21 Å². The minimum Gasteiger partial charge on any atom is -0.507 e. The second-order valence-corrected chi connectivity index (χ2v) is 6.91. The molecule has 0 bridgehead atoms. The minimum atomic E-state index is -0.521. The summed E-state index contributed by atoms with van der Waals surface area (Å²) in [5.74, 6) is 0.0343. The molecule has 2 aromatic rings. The molecule has 7 heteroatoms. The quantitative estimate of drug-likeness (QED) is 0.469. The molecular formula is C17H18BrN3O3. The molecule has 0 spiro atoms. The highest BCUT2D eigenvalue weighted by atomic mass is 79.9. The van der Waals surface area contributed by atoms with Crippen molar-refractivity contribution in [3.05, 3.63) is 57.8 Å². The molecule has 0 aliphatic rings. The maximum absolute atomic E-state index is 10.2. The third-order valence-electron chi connectivity index (χ3n) is 2.88. The van der Waals surface area contributed by atoms with Crippen LogP contribution in [0.4, 0.5) is 0 Å². The zero-order valence-electron chi connectivity index (χ0n) is 13.6. The van der Waals surface area contributed by atoms with Crippen LogP contribution >= 0.6 is 15.9 Å². The van der Waals surface area contributed by atoms with E-state index >= 15 is 0 Å². The molecule has 6 nitrogen and oxygen atoms in total. The molecule has 0 saturated heterocycles. The minimum absolute atomic E-state index is 0.0343. The van der Waals surface area contributed by atoms with E-state index in [0.29, 0.717) is 22.5 Å². The highest BCUT2D eigenvalue weighted by molar-refractivity contribution is 9.10. The zero-order valence-corrected chi connectivity index (χ0v) is 15.1. The average molecular weight is 392 g/mol.